The van der Waals surface area contributed by atoms with Crippen LogP contribution in [0.1, 0.15) is 25.2 Å². The maximum absolute atomic E-state index is 12.6. The van der Waals surface area contributed by atoms with Gasteiger partial charge in [-0.25, -0.2) is 4.79 Å². The molecule has 1 atom stereocenters. The first-order valence-corrected chi connectivity index (χ1v) is 9.83. The lowest BCUT2D eigenvalue weighted by molar-refractivity contribution is -0.384. The molecular weight excluding hydrogens is 412 g/mol. The normalized spacial score (nSPS) is 16.2. The van der Waals surface area contributed by atoms with E-state index >= 15 is 0 Å². The molecule has 2 aromatic rings. The largest absolute Gasteiger partial charge is 0.464 e. The van der Waals surface area contributed by atoms with Crippen LogP contribution in [0.5, 0.6) is 0 Å². The summed E-state index contributed by atoms with van der Waals surface area (Å²) in [5.41, 5.74) is 1.31. The van der Waals surface area contributed by atoms with Crippen molar-refractivity contribution in [3.8, 4) is 11.3 Å². The summed E-state index contributed by atoms with van der Waals surface area (Å²) in [7, 11) is 0. The zero-order chi connectivity index (χ0) is 22.0. The Bertz CT molecular complexity index is 1070. The molecule has 156 valence electrons. The minimum Gasteiger partial charge on any atom is -0.464 e. The second-order valence-electron chi connectivity index (χ2n) is 6.44. The van der Waals surface area contributed by atoms with E-state index in [0.29, 0.717) is 34.4 Å². The average Bonchev–Trinajstić information content (AvgIpc) is 3.26. The fourth-order valence-corrected chi connectivity index (χ4v) is 3.81. The van der Waals surface area contributed by atoms with Crippen LogP contribution in [0.3, 0.4) is 0 Å². The number of carbonyl (C=O) groups is 3. The standard InChI is InChI=1S/C20H18N2O7S/c1-4-28-19(24)12(3)21-18(23)17(30-20(21)25)10-14-6-8-16(29-14)15-7-5-13(22(26)27)9-11(15)2/h5-10,12H,4H2,1-3H3/b17-10-/t12-/m1/s1. The number of imide groups is 1. The summed E-state index contributed by atoms with van der Waals surface area (Å²) in [5.74, 6) is -0.463. The highest BCUT2D eigenvalue weighted by Gasteiger charge is 2.41. The van der Waals surface area contributed by atoms with Gasteiger partial charge in [0, 0.05) is 23.8 Å². The van der Waals surface area contributed by atoms with E-state index in [1.807, 2.05) is 0 Å². The topological polar surface area (TPSA) is 120 Å². The fourth-order valence-electron chi connectivity index (χ4n) is 2.92. The van der Waals surface area contributed by atoms with Crippen LogP contribution in [0.4, 0.5) is 10.5 Å². The number of hydrogen-bond donors (Lipinski definition) is 0. The van der Waals surface area contributed by atoms with Crippen LogP contribution in [-0.2, 0) is 14.3 Å². The van der Waals surface area contributed by atoms with Gasteiger partial charge in [0.2, 0.25) is 0 Å². The molecule has 1 aromatic heterocycles. The Balaban J connectivity index is 1.83. The Morgan fingerprint density at radius 1 is 1.33 bits per heavy atom. The Hall–Kier alpha value is -3.40. The van der Waals surface area contributed by atoms with Gasteiger partial charge in [-0.05, 0) is 56.3 Å². The summed E-state index contributed by atoms with van der Waals surface area (Å²) >= 11 is 0.710. The van der Waals surface area contributed by atoms with E-state index in [2.05, 4.69) is 0 Å². The number of thioether (sulfide) groups is 1. The average molecular weight is 430 g/mol. The molecule has 0 aliphatic carbocycles. The highest BCUT2D eigenvalue weighted by atomic mass is 32.2. The number of hydrogen-bond acceptors (Lipinski definition) is 8. The Morgan fingerprint density at radius 2 is 2.07 bits per heavy atom. The Morgan fingerprint density at radius 3 is 2.70 bits per heavy atom. The third kappa shape index (κ3) is 4.13. The van der Waals surface area contributed by atoms with Crippen molar-refractivity contribution in [1.82, 2.24) is 4.90 Å². The number of aryl methyl sites for hydroxylation is 1. The fraction of sp³-hybridized carbons (Fsp3) is 0.250. The van der Waals surface area contributed by atoms with Gasteiger partial charge in [0.15, 0.2) is 0 Å². The molecule has 0 unspecified atom stereocenters. The van der Waals surface area contributed by atoms with Crippen LogP contribution >= 0.6 is 11.8 Å². The predicted octanol–water partition coefficient (Wildman–Crippen LogP) is 4.15. The highest BCUT2D eigenvalue weighted by Crippen LogP contribution is 2.35. The lowest BCUT2D eigenvalue weighted by Crippen LogP contribution is -2.42. The molecule has 0 bridgehead atoms. The molecule has 1 aliphatic rings. The molecule has 1 fully saturated rings. The van der Waals surface area contributed by atoms with Crippen molar-refractivity contribution in [1.29, 1.82) is 0 Å². The number of rotatable bonds is 6. The van der Waals surface area contributed by atoms with Crippen LogP contribution in [-0.4, -0.2) is 39.6 Å². The van der Waals surface area contributed by atoms with E-state index in [1.165, 1.54) is 25.1 Å². The second kappa shape index (κ2) is 8.54. The number of nitrogens with zero attached hydrogens (tertiary/aromatic N) is 2. The van der Waals surface area contributed by atoms with Gasteiger partial charge < -0.3 is 9.15 Å². The van der Waals surface area contributed by atoms with Crippen molar-refractivity contribution in [2.75, 3.05) is 6.61 Å². The Labute approximate surface area is 175 Å². The van der Waals surface area contributed by atoms with E-state index in [-0.39, 0.29) is 17.2 Å². The SMILES string of the molecule is CCOC(=O)[C@@H](C)N1C(=O)S/C(=C\c2ccc(-c3ccc([N+](=O)[O-])cc3C)o2)C1=O. The molecule has 3 rings (SSSR count). The molecule has 10 heteroatoms. The first-order chi connectivity index (χ1) is 14.2. The van der Waals surface area contributed by atoms with E-state index < -0.39 is 28.1 Å². The molecule has 9 nitrogen and oxygen atoms in total. The summed E-state index contributed by atoms with van der Waals surface area (Å²) < 4.78 is 10.6. The van der Waals surface area contributed by atoms with Gasteiger partial charge in [-0.15, -0.1) is 0 Å². The van der Waals surface area contributed by atoms with Gasteiger partial charge in [-0.3, -0.25) is 24.6 Å². The molecule has 30 heavy (non-hydrogen) atoms. The third-order valence-electron chi connectivity index (χ3n) is 4.42. The summed E-state index contributed by atoms with van der Waals surface area (Å²) in [6, 6.07) is 6.68. The van der Waals surface area contributed by atoms with Crippen molar-refractivity contribution in [2.45, 2.75) is 26.8 Å². The molecule has 0 spiro atoms. The number of carbonyl (C=O) groups excluding carboxylic acids is 3. The van der Waals surface area contributed by atoms with Crippen LogP contribution in [0, 0.1) is 17.0 Å². The molecule has 2 amide bonds. The zero-order valence-electron chi connectivity index (χ0n) is 16.4. The van der Waals surface area contributed by atoms with Crippen molar-refractivity contribution in [3.05, 3.63) is 56.7 Å². The summed E-state index contributed by atoms with van der Waals surface area (Å²) in [4.78, 5) is 48.1. The lowest BCUT2D eigenvalue weighted by Gasteiger charge is -2.19. The monoisotopic (exact) mass is 430 g/mol. The number of amides is 2. The van der Waals surface area contributed by atoms with Crippen LogP contribution < -0.4 is 0 Å². The first-order valence-electron chi connectivity index (χ1n) is 9.02. The molecule has 0 saturated carbocycles. The van der Waals surface area contributed by atoms with Crippen molar-refractivity contribution >= 4 is 40.6 Å². The van der Waals surface area contributed by atoms with Gasteiger partial charge in [0.05, 0.1) is 16.4 Å². The Kier molecular flexibility index (Phi) is 6.06. The van der Waals surface area contributed by atoms with E-state index in [0.717, 1.165) is 4.90 Å². The highest BCUT2D eigenvalue weighted by molar-refractivity contribution is 8.18. The maximum atomic E-state index is 12.6. The minimum atomic E-state index is -1.03. The lowest BCUT2D eigenvalue weighted by atomic mass is 10.1. The van der Waals surface area contributed by atoms with Crippen LogP contribution in [0.15, 0.2) is 39.7 Å². The smallest absolute Gasteiger partial charge is 0.329 e. The molecule has 0 radical (unpaired) electrons. The summed E-state index contributed by atoms with van der Waals surface area (Å²) in [6.45, 7) is 4.94. The number of nitro benzene ring substituents is 1. The van der Waals surface area contributed by atoms with Crippen molar-refractivity contribution in [2.24, 2.45) is 0 Å². The maximum Gasteiger partial charge on any atom is 0.329 e. The third-order valence-corrected chi connectivity index (χ3v) is 5.31. The molecule has 1 aliphatic heterocycles. The molecule has 1 aromatic carbocycles. The zero-order valence-corrected chi connectivity index (χ0v) is 17.2. The van der Waals surface area contributed by atoms with Crippen LogP contribution in [0.2, 0.25) is 0 Å². The number of esters is 1. The van der Waals surface area contributed by atoms with E-state index in [9.17, 15) is 24.5 Å². The van der Waals surface area contributed by atoms with Gasteiger partial charge >= 0.3 is 5.97 Å². The van der Waals surface area contributed by atoms with Gasteiger partial charge in [-0.2, -0.15) is 0 Å². The molecular formula is C20H18N2O7S. The van der Waals surface area contributed by atoms with Crippen LogP contribution in [0.25, 0.3) is 17.4 Å². The first kappa shape index (κ1) is 21.3. The minimum absolute atomic E-state index is 0.0209. The second-order valence-corrected chi connectivity index (χ2v) is 7.43. The summed E-state index contributed by atoms with van der Waals surface area (Å²) in [6.07, 6.45) is 1.42. The van der Waals surface area contributed by atoms with Gasteiger partial charge in [0.1, 0.15) is 17.6 Å². The number of furan rings is 1. The van der Waals surface area contributed by atoms with E-state index in [1.54, 1.807) is 32.0 Å². The number of non-ortho nitro benzene ring substituents is 1. The number of benzene rings is 1. The quantitative estimate of drug-likeness (QED) is 0.290. The molecule has 2 heterocycles. The number of ether oxygens (including phenoxy) is 1. The van der Waals surface area contributed by atoms with Crippen molar-refractivity contribution in [3.63, 3.8) is 0 Å². The van der Waals surface area contributed by atoms with Gasteiger partial charge in [0.25, 0.3) is 16.8 Å². The van der Waals surface area contributed by atoms with Crippen molar-refractivity contribution < 1.29 is 28.5 Å². The molecule has 1 saturated heterocycles. The number of nitro groups is 1. The van der Waals surface area contributed by atoms with E-state index in [4.69, 9.17) is 9.15 Å². The predicted molar refractivity (Wildman–Crippen MR) is 109 cm³/mol. The summed E-state index contributed by atoms with van der Waals surface area (Å²) in [5, 5.41) is 10.3. The van der Waals surface area contributed by atoms with Gasteiger partial charge in [-0.1, -0.05) is 0 Å². The molecule has 0 N–H and O–H groups in total.